The molecule has 22 heavy (non-hydrogen) atoms. The van der Waals surface area contributed by atoms with Gasteiger partial charge in [-0.25, -0.2) is 0 Å². The van der Waals surface area contributed by atoms with Crippen LogP contribution in [0.4, 0.5) is 0 Å². The highest BCUT2D eigenvalue weighted by Gasteiger charge is 2.45. The maximum Gasteiger partial charge on any atom is 0.227 e. The molecular weight excluding hydrogens is 298 g/mol. The van der Waals surface area contributed by atoms with E-state index >= 15 is 0 Å². The number of hydrogen-bond donors (Lipinski definition) is 0. The van der Waals surface area contributed by atoms with Crippen molar-refractivity contribution in [2.75, 3.05) is 19.8 Å². The number of carbonyl (C=O) groups is 1. The van der Waals surface area contributed by atoms with Gasteiger partial charge in [-0.2, -0.15) is 11.3 Å². The van der Waals surface area contributed by atoms with E-state index in [1.807, 2.05) is 16.3 Å². The number of rotatable bonds is 5. The first-order chi connectivity index (χ1) is 10.8. The summed E-state index contributed by atoms with van der Waals surface area (Å²) in [6, 6.07) is 2.24. The van der Waals surface area contributed by atoms with Crippen LogP contribution >= 0.6 is 11.3 Å². The first kappa shape index (κ1) is 14.7. The van der Waals surface area contributed by atoms with Crippen molar-refractivity contribution in [2.45, 2.75) is 50.4 Å². The second kappa shape index (κ2) is 6.30. The van der Waals surface area contributed by atoms with Crippen molar-refractivity contribution in [3.8, 4) is 0 Å². The molecule has 1 aromatic rings. The number of hydrogen-bond acceptors (Lipinski definition) is 4. The number of ether oxygens (including phenoxy) is 2. The van der Waals surface area contributed by atoms with E-state index in [1.54, 1.807) is 11.3 Å². The Morgan fingerprint density at radius 2 is 2.27 bits per heavy atom. The lowest BCUT2D eigenvalue weighted by Crippen LogP contribution is -2.47. The summed E-state index contributed by atoms with van der Waals surface area (Å²) in [5.41, 5.74) is 1.12. The zero-order chi connectivity index (χ0) is 14.9. The molecule has 1 aromatic heterocycles. The molecule has 1 amide bonds. The Kier molecular flexibility index (Phi) is 4.20. The molecular formula is C17H23NO3S. The molecule has 0 spiro atoms. The van der Waals surface area contributed by atoms with E-state index in [9.17, 15) is 4.79 Å². The predicted molar refractivity (Wildman–Crippen MR) is 85.0 cm³/mol. The molecule has 1 aliphatic heterocycles. The highest BCUT2D eigenvalue weighted by atomic mass is 32.1. The van der Waals surface area contributed by atoms with Crippen LogP contribution in [0.15, 0.2) is 16.8 Å². The standard InChI is InChI=1S/C17H23NO3S/c19-16(9-13-5-8-22-11-13)18-6-7-20-15-4-3-14(18)17(15)21-10-12-1-2-12/h5,8,11-12,14-15,17H,1-4,6-7,9-10H2. The van der Waals surface area contributed by atoms with Crippen LogP contribution in [-0.4, -0.2) is 48.8 Å². The molecule has 2 heterocycles. The molecule has 0 N–H and O–H groups in total. The van der Waals surface area contributed by atoms with Crippen LogP contribution in [0.1, 0.15) is 31.2 Å². The molecule has 120 valence electrons. The smallest absolute Gasteiger partial charge is 0.227 e. The zero-order valence-corrected chi connectivity index (χ0v) is 13.6. The number of nitrogens with zero attached hydrogens (tertiary/aromatic N) is 1. The quantitative estimate of drug-likeness (QED) is 0.836. The van der Waals surface area contributed by atoms with Gasteiger partial charge in [0.05, 0.1) is 25.2 Å². The van der Waals surface area contributed by atoms with Gasteiger partial charge in [-0.1, -0.05) is 0 Å². The first-order valence-electron chi connectivity index (χ1n) is 8.35. The Labute approximate surface area is 135 Å². The molecule has 5 heteroatoms. The normalized spacial score (nSPS) is 31.3. The third kappa shape index (κ3) is 3.07. The van der Waals surface area contributed by atoms with Crippen LogP contribution in [-0.2, 0) is 20.7 Å². The van der Waals surface area contributed by atoms with Gasteiger partial charge in [0.1, 0.15) is 6.10 Å². The van der Waals surface area contributed by atoms with E-state index < -0.39 is 0 Å². The molecule has 3 atom stereocenters. The average molecular weight is 321 g/mol. The van der Waals surface area contributed by atoms with E-state index in [4.69, 9.17) is 9.47 Å². The Morgan fingerprint density at radius 3 is 3.05 bits per heavy atom. The third-order valence-electron chi connectivity index (χ3n) is 5.03. The van der Waals surface area contributed by atoms with E-state index in [-0.39, 0.29) is 24.2 Å². The van der Waals surface area contributed by atoms with E-state index in [2.05, 4.69) is 5.38 Å². The summed E-state index contributed by atoms with van der Waals surface area (Å²) in [6.07, 6.45) is 5.38. The van der Waals surface area contributed by atoms with Gasteiger partial charge in [-0.15, -0.1) is 0 Å². The van der Waals surface area contributed by atoms with Gasteiger partial charge in [-0.3, -0.25) is 4.79 Å². The Balaban J connectivity index is 1.44. The van der Waals surface area contributed by atoms with Crippen molar-refractivity contribution in [2.24, 2.45) is 5.92 Å². The summed E-state index contributed by atoms with van der Waals surface area (Å²) >= 11 is 1.65. The number of thiophene rings is 1. The van der Waals surface area contributed by atoms with Gasteiger partial charge in [0.15, 0.2) is 0 Å². The van der Waals surface area contributed by atoms with E-state index in [0.29, 0.717) is 19.6 Å². The zero-order valence-electron chi connectivity index (χ0n) is 12.8. The maximum atomic E-state index is 12.7. The highest BCUT2D eigenvalue weighted by Crippen LogP contribution is 2.35. The molecule has 3 unspecified atom stereocenters. The summed E-state index contributed by atoms with van der Waals surface area (Å²) in [5.74, 6) is 0.965. The van der Waals surface area contributed by atoms with Crippen LogP contribution in [0, 0.1) is 5.92 Å². The van der Waals surface area contributed by atoms with Crippen molar-refractivity contribution < 1.29 is 14.3 Å². The van der Waals surface area contributed by atoms with Gasteiger partial charge in [0, 0.05) is 13.2 Å². The summed E-state index contributed by atoms with van der Waals surface area (Å²) in [4.78, 5) is 14.8. The lowest BCUT2D eigenvalue weighted by molar-refractivity contribution is -0.135. The Hall–Kier alpha value is -0.910. The molecule has 2 aliphatic carbocycles. The van der Waals surface area contributed by atoms with Crippen molar-refractivity contribution >= 4 is 17.2 Å². The number of carbonyl (C=O) groups excluding carboxylic acids is 1. The van der Waals surface area contributed by atoms with Crippen LogP contribution in [0.3, 0.4) is 0 Å². The van der Waals surface area contributed by atoms with Crippen molar-refractivity contribution in [3.05, 3.63) is 22.4 Å². The fourth-order valence-corrected chi connectivity index (χ4v) is 4.29. The van der Waals surface area contributed by atoms with Crippen molar-refractivity contribution in [3.63, 3.8) is 0 Å². The lowest BCUT2D eigenvalue weighted by atomic mass is 10.1. The Morgan fingerprint density at radius 1 is 1.36 bits per heavy atom. The van der Waals surface area contributed by atoms with Gasteiger partial charge < -0.3 is 14.4 Å². The molecule has 2 saturated carbocycles. The first-order valence-corrected chi connectivity index (χ1v) is 9.29. The van der Waals surface area contributed by atoms with E-state index in [1.165, 1.54) is 12.8 Å². The second-order valence-electron chi connectivity index (χ2n) is 6.69. The third-order valence-corrected chi connectivity index (χ3v) is 5.77. The molecule has 0 radical (unpaired) electrons. The highest BCUT2D eigenvalue weighted by molar-refractivity contribution is 7.07. The predicted octanol–water partition coefficient (Wildman–Crippen LogP) is 2.48. The molecule has 3 fully saturated rings. The van der Waals surface area contributed by atoms with Gasteiger partial charge in [-0.05, 0) is 54.0 Å². The van der Waals surface area contributed by atoms with Gasteiger partial charge in [0.25, 0.3) is 0 Å². The SMILES string of the molecule is O=C(Cc1ccsc1)N1CCOC2CCC1C2OCC1CC1. The minimum absolute atomic E-state index is 0.0783. The van der Waals surface area contributed by atoms with Crippen molar-refractivity contribution in [1.82, 2.24) is 4.90 Å². The van der Waals surface area contributed by atoms with Crippen LogP contribution < -0.4 is 0 Å². The number of fused-ring (bicyclic) bond motifs is 2. The van der Waals surface area contributed by atoms with Gasteiger partial charge >= 0.3 is 0 Å². The van der Waals surface area contributed by atoms with Gasteiger partial charge in [0.2, 0.25) is 5.91 Å². The largest absolute Gasteiger partial charge is 0.374 e. The summed E-state index contributed by atoms with van der Waals surface area (Å²) in [5, 5.41) is 4.09. The molecule has 3 aliphatic rings. The second-order valence-corrected chi connectivity index (χ2v) is 7.47. The molecule has 0 aromatic carbocycles. The minimum Gasteiger partial charge on any atom is -0.374 e. The molecule has 4 nitrogen and oxygen atoms in total. The fourth-order valence-electron chi connectivity index (χ4n) is 3.62. The topological polar surface area (TPSA) is 38.8 Å². The summed E-state index contributed by atoms with van der Waals surface area (Å²) in [6.45, 7) is 2.18. The van der Waals surface area contributed by atoms with Crippen LogP contribution in [0.5, 0.6) is 0 Å². The lowest BCUT2D eigenvalue weighted by Gasteiger charge is -2.31. The van der Waals surface area contributed by atoms with Crippen LogP contribution in [0.2, 0.25) is 0 Å². The summed E-state index contributed by atoms with van der Waals surface area (Å²) < 4.78 is 12.1. The summed E-state index contributed by atoms with van der Waals surface area (Å²) in [7, 11) is 0. The fraction of sp³-hybridized carbons (Fsp3) is 0.706. The minimum atomic E-state index is 0.0783. The van der Waals surface area contributed by atoms with Crippen LogP contribution in [0.25, 0.3) is 0 Å². The Bertz CT molecular complexity index is 514. The maximum absolute atomic E-state index is 12.7. The molecule has 4 rings (SSSR count). The molecule has 2 bridgehead atoms. The average Bonchev–Trinajstić information content (AvgIpc) is 3.08. The number of amides is 1. The molecule has 1 saturated heterocycles. The van der Waals surface area contributed by atoms with E-state index in [0.717, 1.165) is 30.9 Å². The monoisotopic (exact) mass is 321 g/mol. The van der Waals surface area contributed by atoms with Crippen molar-refractivity contribution in [1.29, 1.82) is 0 Å².